The van der Waals surface area contributed by atoms with E-state index in [0.29, 0.717) is 0 Å². The fourth-order valence-corrected chi connectivity index (χ4v) is 0.331. The topological polar surface area (TPSA) is 68.1 Å². The Kier molecular flexibility index (Phi) is 4.89. The molecule has 0 N–H and O–H groups in total. The summed E-state index contributed by atoms with van der Waals surface area (Å²) in [6.45, 7) is 0. The van der Waals surface area contributed by atoms with Crippen LogP contribution in [0.1, 0.15) is 0 Å². The molecular weight excluding hydrogens is 128 g/mol. The predicted octanol–water partition coefficient (Wildman–Crippen LogP) is -1.41. The van der Waals surface area contributed by atoms with Crippen molar-refractivity contribution in [2.45, 2.75) is 0 Å². The van der Waals surface area contributed by atoms with Crippen molar-refractivity contribution in [3.8, 4) is 0 Å². The number of nitrogens with zero attached hydrogens (tertiary/aromatic N) is 2. The SMILES string of the molecule is O=C=NO[SiH2]N=C=O. The number of carbonyl (C=O) groups excluding carboxylic acids is 2. The Hall–Kier alpha value is -1.22. The molecule has 0 amide bonds. The molecule has 0 saturated heterocycles. The second-order valence-corrected chi connectivity index (χ2v) is 1.52. The van der Waals surface area contributed by atoms with Gasteiger partial charge in [-0.1, -0.05) is 0 Å². The summed E-state index contributed by atoms with van der Waals surface area (Å²) in [5.41, 5.74) is 0. The zero-order valence-corrected chi connectivity index (χ0v) is 5.24. The zero-order valence-electron chi connectivity index (χ0n) is 3.83. The lowest BCUT2D eigenvalue weighted by Gasteiger charge is -1.79. The van der Waals surface area contributed by atoms with Crippen LogP contribution < -0.4 is 0 Å². The van der Waals surface area contributed by atoms with E-state index in [0.717, 1.165) is 6.08 Å². The average molecular weight is 130 g/mol. The third kappa shape index (κ3) is 4.78. The zero-order chi connectivity index (χ0) is 6.24. The third-order valence-corrected chi connectivity index (χ3v) is 0.791. The van der Waals surface area contributed by atoms with Gasteiger partial charge in [-0.25, -0.2) is 14.2 Å². The van der Waals surface area contributed by atoms with Crippen LogP contribution in [0.3, 0.4) is 0 Å². The molecule has 0 spiro atoms. The minimum absolute atomic E-state index is 1.12. The van der Waals surface area contributed by atoms with Crippen LogP contribution in [-0.2, 0) is 14.1 Å². The minimum atomic E-state index is -1.33. The molecule has 8 heavy (non-hydrogen) atoms. The van der Waals surface area contributed by atoms with E-state index in [1.807, 2.05) is 0 Å². The maximum Gasteiger partial charge on any atom is 0.392 e. The number of rotatable bonds is 3. The van der Waals surface area contributed by atoms with Crippen LogP contribution >= 0.6 is 0 Å². The number of hydrogen-bond donors (Lipinski definition) is 0. The highest BCUT2D eigenvalue weighted by Gasteiger charge is 1.75. The molecule has 0 aliphatic heterocycles. The Morgan fingerprint density at radius 1 is 1.38 bits per heavy atom. The summed E-state index contributed by atoms with van der Waals surface area (Å²) in [5.74, 6) is 0. The molecule has 0 bridgehead atoms. The van der Waals surface area contributed by atoms with Crippen LogP contribution in [0.2, 0.25) is 0 Å². The molecule has 0 saturated carbocycles. The molecule has 6 heteroatoms. The lowest BCUT2D eigenvalue weighted by Crippen LogP contribution is -1.85. The summed E-state index contributed by atoms with van der Waals surface area (Å²) in [5, 5.41) is 2.69. The fraction of sp³-hybridized carbons (Fsp3) is 0. The lowest BCUT2D eigenvalue weighted by atomic mass is 11.7. The van der Waals surface area contributed by atoms with Gasteiger partial charge in [0.05, 0.1) is 0 Å². The Labute approximate surface area is 47.1 Å². The molecule has 42 valence electrons. The molecule has 0 heterocycles. The molecule has 0 rings (SSSR count). The maximum atomic E-state index is 9.29. The first-order valence-electron chi connectivity index (χ1n) is 1.64. The molecule has 0 aromatic rings. The van der Waals surface area contributed by atoms with Crippen molar-refractivity contribution in [2.75, 3.05) is 0 Å². The quantitative estimate of drug-likeness (QED) is 0.155. The van der Waals surface area contributed by atoms with E-state index in [9.17, 15) is 9.59 Å². The van der Waals surface area contributed by atoms with Gasteiger partial charge in [0.1, 0.15) is 0 Å². The van der Waals surface area contributed by atoms with Crippen LogP contribution in [0.5, 0.6) is 0 Å². The highest BCUT2D eigenvalue weighted by Crippen LogP contribution is 1.65. The Balaban J connectivity index is 3.18. The van der Waals surface area contributed by atoms with Crippen molar-refractivity contribution in [1.29, 1.82) is 0 Å². The predicted molar refractivity (Wildman–Crippen MR) is 25.9 cm³/mol. The van der Waals surface area contributed by atoms with Gasteiger partial charge in [0.25, 0.3) is 6.08 Å². The molecule has 0 atom stereocenters. The van der Waals surface area contributed by atoms with E-state index in [1.54, 1.807) is 0 Å². The van der Waals surface area contributed by atoms with E-state index in [2.05, 4.69) is 14.3 Å². The average Bonchev–Trinajstić information content (AvgIpc) is 1.81. The fourth-order valence-electron chi connectivity index (χ4n) is 0.110. The van der Waals surface area contributed by atoms with E-state index in [1.165, 1.54) is 6.08 Å². The van der Waals surface area contributed by atoms with E-state index >= 15 is 0 Å². The van der Waals surface area contributed by atoms with Gasteiger partial charge >= 0.3 is 9.92 Å². The third-order valence-electron chi connectivity index (χ3n) is 0.289. The van der Waals surface area contributed by atoms with Crippen LogP contribution in [0.15, 0.2) is 9.81 Å². The summed E-state index contributed by atoms with van der Waals surface area (Å²) in [6, 6.07) is 0. The largest absolute Gasteiger partial charge is 0.424 e. The Morgan fingerprint density at radius 2 is 2.12 bits per heavy atom. The molecular formula is C2H2N2O3Si. The van der Waals surface area contributed by atoms with Crippen molar-refractivity contribution >= 4 is 22.1 Å². The van der Waals surface area contributed by atoms with Crippen LogP contribution in [0.4, 0.5) is 0 Å². The molecule has 5 nitrogen and oxygen atoms in total. The van der Waals surface area contributed by atoms with Crippen molar-refractivity contribution in [3.05, 3.63) is 0 Å². The molecule has 0 aromatic heterocycles. The van der Waals surface area contributed by atoms with Gasteiger partial charge in [-0.2, -0.15) is 0 Å². The van der Waals surface area contributed by atoms with Crippen LogP contribution in [-0.4, -0.2) is 22.1 Å². The second kappa shape index (κ2) is 5.78. The lowest BCUT2D eigenvalue weighted by molar-refractivity contribution is 0.357. The van der Waals surface area contributed by atoms with Crippen LogP contribution in [0, 0.1) is 0 Å². The standard InChI is InChI=1S/C2H2N2O3Si/c5-1-3-7-8-4-2-6/h8H2. The van der Waals surface area contributed by atoms with Gasteiger partial charge in [0.2, 0.25) is 6.08 Å². The summed E-state index contributed by atoms with van der Waals surface area (Å²) in [4.78, 5) is 18.5. The second-order valence-electron chi connectivity index (χ2n) is 0.690. The smallest absolute Gasteiger partial charge is 0.392 e. The monoisotopic (exact) mass is 130 g/mol. The van der Waals surface area contributed by atoms with E-state index in [-0.39, 0.29) is 0 Å². The van der Waals surface area contributed by atoms with E-state index < -0.39 is 9.92 Å². The van der Waals surface area contributed by atoms with Gasteiger partial charge in [0, 0.05) is 0 Å². The summed E-state index contributed by atoms with van der Waals surface area (Å²) < 4.78 is 7.18. The number of isocyanates is 2. The molecule has 0 aliphatic rings. The van der Waals surface area contributed by atoms with Crippen molar-refractivity contribution in [3.63, 3.8) is 0 Å². The van der Waals surface area contributed by atoms with Gasteiger partial charge in [0.15, 0.2) is 0 Å². The Bertz CT molecular complexity index is 127. The summed E-state index contributed by atoms with van der Waals surface area (Å²) in [6.07, 6.45) is 2.37. The highest BCUT2D eigenvalue weighted by molar-refractivity contribution is 6.25. The molecule has 0 aromatic carbocycles. The van der Waals surface area contributed by atoms with Crippen molar-refractivity contribution in [2.24, 2.45) is 9.81 Å². The van der Waals surface area contributed by atoms with Gasteiger partial charge < -0.3 is 4.53 Å². The van der Waals surface area contributed by atoms with Gasteiger partial charge in [-0.15, -0.1) is 0 Å². The number of hydrogen-bond acceptors (Lipinski definition) is 5. The molecule has 0 fully saturated rings. The van der Waals surface area contributed by atoms with Gasteiger partial charge in [-0.3, -0.25) is 0 Å². The molecule has 0 aliphatic carbocycles. The molecule has 0 radical (unpaired) electrons. The first-order chi connectivity index (χ1) is 3.91. The summed E-state index contributed by atoms with van der Waals surface area (Å²) in [7, 11) is -1.33. The first kappa shape index (κ1) is 6.78. The van der Waals surface area contributed by atoms with E-state index in [4.69, 9.17) is 0 Å². The normalized spacial score (nSPS) is 7.50. The summed E-state index contributed by atoms with van der Waals surface area (Å²) >= 11 is 0. The van der Waals surface area contributed by atoms with Crippen molar-refractivity contribution in [1.82, 2.24) is 0 Å². The Morgan fingerprint density at radius 3 is 2.62 bits per heavy atom. The highest BCUT2D eigenvalue weighted by atomic mass is 28.2. The molecule has 0 unspecified atom stereocenters. The van der Waals surface area contributed by atoms with Crippen LogP contribution in [0.25, 0.3) is 0 Å². The van der Waals surface area contributed by atoms with Crippen molar-refractivity contribution < 1.29 is 14.1 Å². The van der Waals surface area contributed by atoms with Gasteiger partial charge in [-0.05, 0) is 5.16 Å². The minimum Gasteiger partial charge on any atom is -0.424 e. The first-order valence-corrected chi connectivity index (χ1v) is 2.85. The maximum absolute atomic E-state index is 9.29.